The molecule has 17 heavy (non-hydrogen) atoms. The number of hydrogen-bond donors (Lipinski definition) is 3. The van der Waals surface area contributed by atoms with Gasteiger partial charge >= 0.3 is 5.97 Å². The van der Waals surface area contributed by atoms with Crippen LogP contribution in [0.3, 0.4) is 0 Å². The number of para-hydroxylation sites is 1. The van der Waals surface area contributed by atoms with E-state index in [-0.39, 0.29) is 12.2 Å². The van der Waals surface area contributed by atoms with Gasteiger partial charge in [0.25, 0.3) is 6.47 Å². The maximum Gasteiger partial charge on any atom is 0.357 e. The van der Waals surface area contributed by atoms with Gasteiger partial charge in [-0.15, -0.1) is 0 Å². The summed E-state index contributed by atoms with van der Waals surface area (Å²) in [7, 11) is 1.52. The molecule has 0 aliphatic carbocycles. The van der Waals surface area contributed by atoms with E-state index in [1.807, 2.05) is 0 Å². The molecule has 2 aromatic rings. The van der Waals surface area contributed by atoms with Gasteiger partial charge in [0.1, 0.15) is 11.3 Å². The number of carboxylic acid groups (broad SMARTS) is 2. The number of aromatic carboxylic acids is 1. The number of nitrogens with zero attached hydrogens (tertiary/aromatic N) is 1. The van der Waals surface area contributed by atoms with Gasteiger partial charge in [-0.05, 0) is 6.07 Å². The van der Waals surface area contributed by atoms with Crippen molar-refractivity contribution in [2.75, 3.05) is 7.11 Å². The lowest BCUT2D eigenvalue weighted by Gasteiger charge is -1.99. The minimum Gasteiger partial charge on any atom is -0.494 e. The lowest BCUT2D eigenvalue weighted by atomic mass is 10.2. The minimum absolute atomic E-state index is 0.0129. The van der Waals surface area contributed by atoms with Gasteiger partial charge in [-0.2, -0.15) is 5.10 Å². The van der Waals surface area contributed by atoms with Crippen LogP contribution in [0, 0.1) is 0 Å². The van der Waals surface area contributed by atoms with Gasteiger partial charge in [0.15, 0.2) is 5.69 Å². The number of hydrogen-bond acceptors (Lipinski definition) is 4. The Balaban J connectivity index is 0.000000437. The number of aromatic nitrogens is 2. The smallest absolute Gasteiger partial charge is 0.357 e. The molecule has 0 aliphatic rings. The highest BCUT2D eigenvalue weighted by molar-refractivity contribution is 6.02. The van der Waals surface area contributed by atoms with Gasteiger partial charge in [-0.1, -0.05) is 12.1 Å². The summed E-state index contributed by atoms with van der Waals surface area (Å²) in [6.07, 6.45) is 0. The zero-order chi connectivity index (χ0) is 12.8. The number of nitrogens with one attached hydrogen (secondary N) is 1. The van der Waals surface area contributed by atoms with Crippen LogP contribution in [0.15, 0.2) is 18.2 Å². The first-order valence-corrected chi connectivity index (χ1v) is 4.48. The molecule has 7 nitrogen and oxygen atoms in total. The topological polar surface area (TPSA) is 113 Å². The molecule has 0 unspecified atom stereocenters. The third-order valence-corrected chi connectivity index (χ3v) is 1.98. The number of aromatic amines is 1. The molecular weight excluding hydrogens is 228 g/mol. The van der Waals surface area contributed by atoms with Crippen LogP contribution in [0.25, 0.3) is 10.9 Å². The highest BCUT2D eigenvalue weighted by atomic mass is 16.5. The van der Waals surface area contributed by atoms with Crippen LogP contribution in [0.5, 0.6) is 5.75 Å². The quantitative estimate of drug-likeness (QED) is 0.672. The number of carbonyl (C=O) groups is 2. The van der Waals surface area contributed by atoms with Crippen LogP contribution in [0.1, 0.15) is 10.5 Å². The van der Waals surface area contributed by atoms with E-state index in [2.05, 4.69) is 10.2 Å². The third-order valence-electron chi connectivity index (χ3n) is 1.98. The lowest BCUT2D eigenvalue weighted by Crippen LogP contribution is -1.96. The molecule has 0 bridgehead atoms. The molecule has 1 aromatic carbocycles. The summed E-state index contributed by atoms with van der Waals surface area (Å²) >= 11 is 0. The van der Waals surface area contributed by atoms with E-state index in [1.54, 1.807) is 18.2 Å². The molecule has 0 radical (unpaired) electrons. The van der Waals surface area contributed by atoms with Crippen molar-refractivity contribution in [2.45, 2.75) is 0 Å². The van der Waals surface area contributed by atoms with Crippen LogP contribution in [0.2, 0.25) is 0 Å². The lowest BCUT2D eigenvalue weighted by molar-refractivity contribution is -0.122. The van der Waals surface area contributed by atoms with Gasteiger partial charge in [0, 0.05) is 5.39 Å². The normalized spacial score (nSPS) is 9.24. The standard InChI is InChI=1S/C9H8N2O3.CH2O2/c1-14-6-4-2-3-5-7(6)10-11-8(5)9(12)13;2-1-3/h2-4H,1H3,(H,10,11)(H,12,13);1H,(H,2,3). The summed E-state index contributed by atoms with van der Waals surface area (Å²) in [4.78, 5) is 19.1. The molecule has 1 heterocycles. The van der Waals surface area contributed by atoms with Crippen molar-refractivity contribution >= 4 is 23.3 Å². The largest absolute Gasteiger partial charge is 0.494 e. The van der Waals surface area contributed by atoms with Gasteiger partial charge in [0.2, 0.25) is 0 Å². The molecule has 3 N–H and O–H groups in total. The predicted octanol–water partition coefficient (Wildman–Crippen LogP) is 0.970. The molecule has 7 heteroatoms. The molecule has 0 amide bonds. The number of ether oxygens (including phenoxy) is 1. The number of methoxy groups -OCH3 is 1. The molecular formula is C10H10N2O5. The molecule has 0 fully saturated rings. The Morgan fingerprint density at radius 2 is 2.18 bits per heavy atom. The van der Waals surface area contributed by atoms with Gasteiger partial charge < -0.3 is 14.9 Å². The van der Waals surface area contributed by atoms with E-state index in [0.29, 0.717) is 16.7 Å². The highest BCUT2D eigenvalue weighted by Crippen LogP contribution is 2.25. The van der Waals surface area contributed by atoms with Crippen molar-refractivity contribution < 1.29 is 24.5 Å². The third kappa shape index (κ3) is 2.51. The number of carboxylic acids is 1. The van der Waals surface area contributed by atoms with Gasteiger partial charge in [-0.25, -0.2) is 4.79 Å². The molecule has 1 aromatic heterocycles. The molecule has 0 saturated carbocycles. The van der Waals surface area contributed by atoms with Crippen molar-refractivity contribution in [3.8, 4) is 5.75 Å². The summed E-state index contributed by atoms with van der Waals surface area (Å²) in [5.41, 5.74) is 0.617. The Bertz CT molecular complexity index is 534. The van der Waals surface area contributed by atoms with Gasteiger partial charge in [-0.3, -0.25) is 9.89 Å². The molecule has 90 valence electrons. The summed E-state index contributed by atoms with van der Waals surface area (Å²) < 4.78 is 5.06. The molecule has 2 rings (SSSR count). The van der Waals surface area contributed by atoms with Crippen molar-refractivity contribution in [2.24, 2.45) is 0 Å². The summed E-state index contributed by atoms with van der Waals surface area (Å²) in [5.74, 6) is -0.466. The number of benzene rings is 1. The van der Waals surface area contributed by atoms with Crippen molar-refractivity contribution in [3.05, 3.63) is 23.9 Å². The van der Waals surface area contributed by atoms with Crippen LogP contribution in [0.4, 0.5) is 0 Å². The van der Waals surface area contributed by atoms with Crippen LogP contribution in [-0.4, -0.2) is 40.0 Å². The summed E-state index contributed by atoms with van der Waals surface area (Å²) in [6.45, 7) is -0.250. The molecule has 0 aliphatic heterocycles. The maximum absolute atomic E-state index is 10.8. The number of rotatable bonds is 2. The van der Waals surface area contributed by atoms with E-state index < -0.39 is 5.97 Å². The van der Waals surface area contributed by atoms with Crippen molar-refractivity contribution in [1.29, 1.82) is 0 Å². The monoisotopic (exact) mass is 238 g/mol. The van der Waals surface area contributed by atoms with Gasteiger partial charge in [0.05, 0.1) is 7.11 Å². The molecule has 0 atom stereocenters. The maximum atomic E-state index is 10.8. The zero-order valence-corrected chi connectivity index (χ0v) is 8.88. The summed E-state index contributed by atoms with van der Waals surface area (Å²) in [6, 6.07) is 5.15. The van der Waals surface area contributed by atoms with E-state index >= 15 is 0 Å². The zero-order valence-electron chi connectivity index (χ0n) is 8.88. The summed E-state index contributed by atoms with van der Waals surface area (Å²) in [5, 5.41) is 22.6. The second kappa shape index (κ2) is 5.50. The average Bonchev–Trinajstić information content (AvgIpc) is 2.73. The van der Waals surface area contributed by atoms with Crippen molar-refractivity contribution in [1.82, 2.24) is 10.2 Å². The fraction of sp³-hybridized carbons (Fsp3) is 0.100. The Kier molecular flexibility index (Phi) is 4.04. The predicted molar refractivity (Wildman–Crippen MR) is 58.3 cm³/mol. The second-order valence-electron chi connectivity index (χ2n) is 2.87. The van der Waals surface area contributed by atoms with E-state index in [0.717, 1.165) is 0 Å². The Hall–Kier alpha value is -2.57. The number of fused-ring (bicyclic) bond motifs is 1. The SMILES string of the molecule is COc1cccc2c(C(=O)O)n[nH]c12.O=CO. The second-order valence-corrected chi connectivity index (χ2v) is 2.87. The average molecular weight is 238 g/mol. The number of H-pyrrole nitrogens is 1. The van der Waals surface area contributed by atoms with E-state index in [1.165, 1.54) is 7.11 Å². The fourth-order valence-electron chi connectivity index (χ4n) is 1.35. The highest BCUT2D eigenvalue weighted by Gasteiger charge is 2.14. The first kappa shape index (κ1) is 12.5. The first-order chi connectivity index (χ1) is 8.15. The Labute approximate surface area is 95.6 Å². The van der Waals surface area contributed by atoms with E-state index in [9.17, 15) is 4.79 Å². The van der Waals surface area contributed by atoms with E-state index in [4.69, 9.17) is 19.7 Å². The Morgan fingerprint density at radius 3 is 2.71 bits per heavy atom. The molecule has 0 spiro atoms. The Morgan fingerprint density at radius 1 is 1.53 bits per heavy atom. The fourth-order valence-corrected chi connectivity index (χ4v) is 1.35. The van der Waals surface area contributed by atoms with Crippen LogP contribution >= 0.6 is 0 Å². The van der Waals surface area contributed by atoms with Crippen LogP contribution in [-0.2, 0) is 4.79 Å². The van der Waals surface area contributed by atoms with Crippen LogP contribution < -0.4 is 4.74 Å². The molecule has 0 saturated heterocycles. The first-order valence-electron chi connectivity index (χ1n) is 4.48. The van der Waals surface area contributed by atoms with Crippen molar-refractivity contribution in [3.63, 3.8) is 0 Å². The minimum atomic E-state index is -1.05.